The first kappa shape index (κ1) is 16.5. The second-order valence-corrected chi connectivity index (χ2v) is 7.66. The Morgan fingerprint density at radius 2 is 1.65 bits per heavy atom. The maximum Gasteiger partial charge on any atom is 0.412 e. The maximum absolute atomic E-state index is 12.7. The molecule has 0 aliphatic carbocycles. The lowest BCUT2D eigenvalue weighted by atomic mass is 10.1. The molecule has 0 saturated carbocycles. The monoisotopic (exact) mass is 319 g/mol. The molecule has 0 saturated heterocycles. The number of amides is 1. The van der Waals surface area contributed by atoms with Crippen molar-refractivity contribution in [3.05, 3.63) is 24.3 Å². The Hall–Kier alpha value is -1.51. The van der Waals surface area contributed by atoms with Crippen molar-refractivity contribution in [3.8, 4) is 0 Å². The predicted molar refractivity (Wildman–Crippen MR) is 68.1 cm³/mol. The SMILES string of the molecule is CC(C)(C)N(C(=O)O)c1cccc(S(F)(F)(F)(F)F)c1. The van der Waals surface area contributed by atoms with E-state index in [1.54, 1.807) is 0 Å². The minimum absolute atomic E-state index is 0.154. The topological polar surface area (TPSA) is 40.5 Å². The van der Waals surface area contributed by atoms with Crippen LogP contribution in [0.1, 0.15) is 20.8 Å². The van der Waals surface area contributed by atoms with Crippen LogP contribution in [0.5, 0.6) is 0 Å². The Balaban J connectivity index is 3.49. The van der Waals surface area contributed by atoms with Gasteiger partial charge in [-0.15, -0.1) is 0 Å². The van der Waals surface area contributed by atoms with Gasteiger partial charge in [-0.2, -0.15) is 0 Å². The average molecular weight is 319 g/mol. The molecular formula is C11H14F5NO2S. The van der Waals surface area contributed by atoms with Gasteiger partial charge in [0.1, 0.15) is 4.90 Å². The number of hydrogen-bond acceptors (Lipinski definition) is 1. The zero-order valence-electron chi connectivity index (χ0n) is 10.9. The Bertz CT molecular complexity index is 550. The number of anilines is 1. The van der Waals surface area contributed by atoms with E-state index < -0.39 is 32.4 Å². The van der Waals surface area contributed by atoms with Crippen LogP contribution in [-0.4, -0.2) is 16.7 Å². The van der Waals surface area contributed by atoms with E-state index in [4.69, 9.17) is 5.11 Å². The zero-order chi connectivity index (χ0) is 16.0. The Morgan fingerprint density at radius 3 is 2.00 bits per heavy atom. The first-order valence-corrected chi connectivity index (χ1v) is 7.35. The van der Waals surface area contributed by atoms with Gasteiger partial charge in [-0.1, -0.05) is 25.5 Å². The van der Waals surface area contributed by atoms with Crippen molar-refractivity contribution in [1.29, 1.82) is 0 Å². The van der Waals surface area contributed by atoms with Crippen LogP contribution in [0.2, 0.25) is 0 Å². The molecule has 0 atom stereocenters. The quantitative estimate of drug-likeness (QED) is 0.718. The standard InChI is InChI=1S/C11H14F5NO2S/c1-11(2,3)17(10(18)19)8-5-4-6-9(7-8)20(12,13,14,15)16/h4-7H,1-3H3,(H,18,19). The number of hydrogen-bond donors (Lipinski definition) is 1. The number of carboxylic acid groups (broad SMARTS) is 1. The predicted octanol–water partition coefficient (Wildman–Crippen LogP) is 5.63. The van der Waals surface area contributed by atoms with E-state index in [2.05, 4.69) is 0 Å². The lowest BCUT2D eigenvalue weighted by Gasteiger charge is -2.41. The van der Waals surface area contributed by atoms with Gasteiger partial charge in [0.25, 0.3) is 0 Å². The summed E-state index contributed by atoms with van der Waals surface area (Å²) in [6.45, 7) is 4.31. The third-order valence-corrected chi connectivity index (χ3v) is 3.53. The van der Waals surface area contributed by atoms with Gasteiger partial charge in [-0.05, 0) is 39.0 Å². The fourth-order valence-electron chi connectivity index (χ4n) is 1.65. The molecule has 116 valence electrons. The molecule has 20 heavy (non-hydrogen) atoms. The summed E-state index contributed by atoms with van der Waals surface area (Å²) < 4.78 is 63.6. The van der Waals surface area contributed by atoms with Gasteiger partial charge in [0, 0.05) is 11.2 Å². The molecule has 0 fully saturated rings. The fourth-order valence-corrected chi connectivity index (χ4v) is 2.33. The molecule has 1 aromatic rings. The third kappa shape index (κ3) is 3.75. The number of halogens is 5. The van der Waals surface area contributed by atoms with Gasteiger partial charge in [0.05, 0.1) is 0 Å². The molecule has 0 aromatic heterocycles. The molecule has 9 heteroatoms. The molecule has 0 radical (unpaired) electrons. The van der Waals surface area contributed by atoms with Gasteiger partial charge in [-0.25, -0.2) is 4.79 Å². The molecule has 0 unspecified atom stereocenters. The van der Waals surface area contributed by atoms with Gasteiger partial charge >= 0.3 is 16.3 Å². The van der Waals surface area contributed by atoms with Crippen molar-refractivity contribution in [2.24, 2.45) is 0 Å². The first-order chi connectivity index (χ1) is 8.52. The largest absolute Gasteiger partial charge is 0.465 e. The van der Waals surface area contributed by atoms with E-state index in [-0.39, 0.29) is 12.1 Å². The molecule has 1 amide bonds. The summed E-state index contributed by atoms with van der Waals surface area (Å²) >= 11 is 0. The van der Waals surface area contributed by atoms with E-state index in [9.17, 15) is 24.2 Å². The van der Waals surface area contributed by atoms with Crippen LogP contribution < -0.4 is 4.90 Å². The van der Waals surface area contributed by atoms with Crippen molar-refractivity contribution < 1.29 is 29.3 Å². The molecule has 3 nitrogen and oxygen atoms in total. The van der Waals surface area contributed by atoms with Crippen LogP contribution in [0, 0.1) is 0 Å². The summed E-state index contributed by atoms with van der Waals surface area (Å²) in [4.78, 5) is 9.62. The van der Waals surface area contributed by atoms with E-state index in [1.807, 2.05) is 0 Å². The Morgan fingerprint density at radius 1 is 1.15 bits per heavy atom. The second kappa shape index (κ2) is 3.78. The van der Waals surface area contributed by atoms with Crippen molar-refractivity contribution in [2.45, 2.75) is 31.2 Å². The normalized spacial score (nSPS) is 16.2. The third-order valence-electron chi connectivity index (χ3n) is 2.38. The van der Waals surface area contributed by atoms with Crippen LogP contribution in [0.3, 0.4) is 0 Å². The highest BCUT2D eigenvalue weighted by molar-refractivity contribution is 8.45. The molecule has 0 bridgehead atoms. The molecule has 1 aromatic carbocycles. The van der Waals surface area contributed by atoms with Crippen LogP contribution in [0.4, 0.5) is 29.9 Å². The van der Waals surface area contributed by atoms with Gasteiger partial charge in [-0.3, -0.25) is 4.90 Å². The summed E-state index contributed by atoms with van der Waals surface area (Å²) in [5, 5.41) is 9.05. The van der Waals surface area contributed by atoms with Crippen molar-refractivity contribution in [3.63, 3.8) is 0 Å². The summed E-state index contributed by atoms with van der Waals surface area (Å²) in [7, 11) is -9.83. The fraction of sp³-hybridized carbons (Fsp3) is 0.364. The number of rotatable bonds is 2. The lowest BCUT2D eigenvalue weighted by Crippen LogP contribution is -2.45. The summed E-state index contributed by atoms with van der Waals surface area (Å²) in [5.41, 5.74) is -1.54. The highest BCUT2D eigenvalue weighted by Crippen LogP contribution is 3.02. The minimum Gasteiger partial charge on any atom is -0.465 e. The highest BCUT2D eigenvalue weighted by Gasteiger charge is 2.65. The molecule has 1 N–H and O–H groups in total. The second-order valence-electron chi connectivity index (χ2n) is 5.26. The Kier molecular flexibility index (Phi) is 3.12. The molecule has 0 aliphatic rings. The number of nitrogens with zero attached hydrogens (tertiary/aromatic N) is 1. The van der Waals surface area contributed by atoms with E-state index >= 15 is 0 Å². The molecule has 1 rings (SSSR count). The van der Waals surface area contributed by atoms with Gasteiger partial charge in [0.15, 0.2) is 0 Å². The molecule has 0 heterocycles. The van der Waals surface area contributed by atoms with Gasteiger partial charge < -0.3 is 5.11 Å². The van der Waals surface area contributed by atoms with Crippen LogP contribution in [0.15, 0.2) is 29.2 Å². The van der Waals surface area contributed by atoms with Crippen molar-refractivity contribution in [1.82, 2.24) is 0 Å². The average Bonchev–Trinajstić information content (AvgIpc) is 2.11. The van der Waals surface area contributed by atoms with E-state index in [1.165, 1.54) is 20.8 Å². The minimum atomic E-state index is -9.83. The summed E-state index contributed by atoms with van der Waals surface area (Å²) in [6.07, 6.45) is -1.53. The lowest BCUT2D eigenvalue weighted by molar-refractivity contribution is 0.195. The first-order valence-electron chi connectivity index (χ1n) is 5.40. The Labute approximate surface area is 112 Å². The summed E-state index contributed by atoms with van der Waals surface area (Å²) in [5.74, 6) is 0. The van der Waals surface area contributed by atoms with Crippen molar-refractivity contribution in [2.75, 3.05) is 4.90 Å². The number of benzene rings is 1. The van der Waals surface area contributed by atoms with E-state index in [0.717, 1.165) is 12.1 Å². The van der Waals surface area contributed by atoms with Crippen LogP contribution in [0.25, 0.3) is 0 Å². The smallest absolute Gasteiger partial charge is 0.412 e. The van der Waals surface area contributed by atoms with Gasteiger partial charge in [0.2, 0.25) is 0 Å². The van der Waals surface area contributed by atoms with E-state index in [0.29, 0.717) is 4.90 Å². The maximum atomic E-state index is 12.7. The van der Waals surface area contributed by atoms with Crippen molar-refractivity contribution >= 4 is 22.0 Å². The summed E-state index contributed by atoms with van der Waals surface area (Å²) in [6, 6.07) is 2.17. The number of carbonyl (C=O) groups is 1. The molecule has 0 aliphatic heterocycles. The molecular weight excluding hydrogens is 305 g/mol. The van der Waals surface area contributed by atoms with Crippen LogP contribution >= 0.6 is 10.2 Å². The highest BCUT2D eigenvalue weighted by atomic mass is 32.5. The van der Waals surface area contributed by atoms with Crippen LogP contribution in [-0.2, 0) is 0 Å². The zero-order valence-corrected chi connectivity index (χ0v) is 11.7. The molecule has 0 spiro atoms.